The quantitative estimate of drug-likeness (QED) is 0.666. The lowest BCUT2D eigenvalue weighted by Gasteiger charge is -2.24. The molecule has 0 aromatic carbocycles. The lowest BCUT2D eigenvalue weighted by molar-refractivity contribution is -0.120. The number of hydrogen-bond donors (Lipinski definition) is 2. The minimum absolute atomic E-state index is 0.0450. The number of aromatic nitrogens is 2. The minimum atomic E-state index is -0.576. The smallest absolute Gasteiger partial charge is 0.330 e. The number of H-pyrrole nitrogens is 1. The molecule has 25 heavy (non-hydrogen) atoms. The molecule has 1 aromatic heterocycles. The predicted molar refractivity (Wildman–Crippen MR) is 99.8 cm³/mol. The lowest BCUT2D eigenvalue weighted by atomic mass is 10.2. The maximum atomic E-state index is 12.9. The van der Waals surface area contributed by atoms with E-state index in [1.165, 1.54) is 9.47 Å². The second-order valence-electron chi connectivity index (χ2n) is 7.01. The molecule has 2 atom stereocenters. The van der Waals surface area contributed by atoms with Crippen LogP contribution in [0.3, 0.4) is 0 Å². The van der Waals surface area contributed by atoms with E-state index >= 15 is 0 Å². The van der Waals surface area contributed by atoms with E-state index in [1.54, 1.807) is 0 Å². The van der Waals surface area contributed by atoms with Crippen LogP contribution in [0.15, 0.2) is 9.59 Å². The molecule has 0 spiro atoms. The molecule has 7 nitrogen and oxygen atoms in total. The molecule has 1 aliphatic carbocycles. The van der Waals surface area contributed by atoms with Gasteiger partial charge in [0, 0.05) is 19.0 Å². The first kappa shape index (κ1) is 19.3. The average Bonchev–Trinajstić information content (AvgIpc) is 3.29. The van der Waals surface area contributed by atoms with Gasteiger partial charge >= 0.3 is 5.69 Å². The SMILES string of the molecule is CCCCCN(C(=O)C1CC1C)c1c(N)n(CCCC)c(=O)[nH]c1=O. The third kappa shape index (κ3) is 4.32. The predicted octanol–water partition coefficient (Wildman–Crippen LogP) is 2.10. The van der Waals surface area contributed by atoms with Gasteiger partial charge in [-0.15, -0.1) is 0 Å². The summed E-state index contributed by atoms with van der Waals surface area (Å²) in [6.07, 6.45) is 5.31. The lowest BCUT2D eigenvalue weighted by Crippen LogP contribution is -2.42. The Morgan fingerprint density at radius 3 is 2.44 bits per heavy atom. The molecule has 1 aromatic rings. The van der Waals surface area contributed by atoms with Crippen LogP contribution in [-0.2, 0) is 11.3 Å². The Morgan fingerprint density at radius 2 is 1.88 bits per heavy atom. The molecule has 7 heteroatoms. The fourth-order valence-corrected chi connectivity index (χ4v) is 3.09. The number of nitrogens with two attached hydrogens (primary N) is 1. The molecule has 1 saturated carbocycles. The summed E-state index contributed by atoms with van der Waals surface area (Å²) >= 11 is 0. The van der Waals surface area contributed by atoms with E-state index in [0.29, 0.717) is 19.0 Å². The van der Waals surface area contributed by atoms with Crippen LogP contribution < -0.4 is 21.9 Å². The van der Waals surface area contributed by atoms with Gasteiger partial charge < -0.3 is 10.6 Å². The third-order valence-electron chi connectivity index (χ3n) is 4.90. The van der Waals surface area contributed by atoms with Crippen LogP contribution in [0.4, 0.5) is 11.5 Å². The van der Waals surface area contributed by atoms with E-state index in [9.17, 15) is 14.4 Å². The van der Waals surface area contributed by atoms with E-state index in [1.807, 2.05) is 13.8 Å². The fourth-order valence-electron chi connectivity index (χ4n) is 3.09. The fraction of sp³-hybridized carbons (Fsp3) is 0.722. The molecule has 2 unspecified atom stereocenters. The summed E-state index contributed by atoms with van der Waals surface area (Å²) in [7, 11) is 0. The molecule has 1 fully saturated rings. The number of nitrogen functional groups attached to an aromatic ring is 1. The Morgan fingerprint density at radius 1 is 1.24 bits per heavy atom. The van der Waals surface area contributed by atoms with Crippen molar-refractivity contribution < 1.29 is 4.79 Å². The second-order valence-corrected chi connectivity index (χ2v) is 7.01. The first-order chi connectivity index (χ1) is 11.9. The number of nitrogens with zero attached hydrogens (tertiary/aromatic N) is 2. The van der Waals surface area contributed by atoms with Gasteiger partial charge in [-0.1, -0.05) is 40.0 Å². The van der Waals surface area contributed by atoms with Crippen molar-refractivity contribution in [2.45, 2.75) is 65.8 Å². The van der Waals surface area contributed by atoms with Gasteiger partial charge in [0.05, 0.1) is 0 Å². The number of nitrogens with one attached hydrogen (secondary N) is 1. The van der Waals surface area contributed by atoms with Crippen LogP contribution in [-0.4, -0.2) is 22.0 Å². The number of hydrogen-bond acceptors (Lipinski definition) is 4. The van der Waals surface area contributed by atoms with Crippen molar-refractivity contribution in [1.29, 1.82) is 0 Å². The standard InChI is InChI=1S/C18H30N4O3/c1-4-6-8-10-21(17(24)13-11-12(13)3)14-15(19)22(9-7-5-2)18(25)20-16(14)23/h12-13H,4-11,19H2,1-3H3,(H,20,23,25). The molecule has 1 aliphatic rings. The first-order valence-corrected chi connectivity index (χ1v) is 9.36. The maximum absolute atomic E-state index is 12.9. The zero-order valence-corrected chi connectivity index (χ0v) is 15.5. The number of carbonyl (C=O) groups excluding carboxylic acids is 1. The summed E-state index contributed by atoms with van der Waals surface area (Å²) in [4.78, 5) is 41.2. The number of carbonyl (C=O) groups is 1. The molecular formula is C18H30N4O3. The molecule has 0 radical (unpaired) electrons. The van der Waals surface area contributed by atoms with Crippen LogP contribution in [0.25, 0.3) is 0 Å². The highest BCUT2D eigenvalue weighted by atomic mass is 16.2. The van der Waals surface area contributed by atoms with E-state index in [2.05, 4.69) is 11.9 Å². The highest BCUT2D eigenvalue weighted by Crippen LogP contribution is 2.40. The Kier molecular flexibility index (Phi) is 6.45. The van der Waals surface area contributed by atoms with E-state index in [-0.39, 0.29) is 23.3 Å². The number of unbranched alkanes of at least 4 members (excludes halogenated alkanes) is 3. The molecule has 140 valence electrons. The van der Waals surface area contributed by atoms with Gasteiger partial charge in [0.2, 0.25) is 5.91 Å². The topological polar surface area (TPSA) is 101 Å². The van der Waals surface area contributed by atoms with Crippen LogP contribution in [0.2, 0.25) is 0 Å². The second kappa shape index (κ2) is 8.36. The van der Waals surface area contributed by atoms with Crippen LogP contribution in [0, 0.1) is 11.8 Å². The van der Waals surface area contributed by atoms with Gasteiger partial charge in [0.25, 0.3) is 5.56 Å². The first-order valence-electron chi connectivity index (χ1n) is 9.36. The highest BCUT2D eigenvalue weighted by molar-refractivity contribution is 5.98. The third-order valence-corrected chi connectivity index (χ3v) is 4.90. The van der Waals surface area contributed by atoms with Crippen molar-refractivity contribution in [3.05, 3.63) is 20.8 Å². The summed E-state index contributed by atoms with van der Waals surface area (Å²) in [5.74, 6) is 0.339. The minimum Gasteiger partial charge on any atom is -0.383 e. The number of rotatable bonds is 9. The maximum Gasteiger partial charge on any atom is 0.330 e. The Bertz CT molecular complexity index is 722. The molecule has 0 saturated heterocycles. The number of anilines is 2. The van der Waals surface area contributed by atoms with Gasteiger partial charge in [-0.05, 0) is 25.2 Å². The van der Waals surface area contributed by atoms with Gasteiger partial charge in [-0.3, -0.25) is 19.1 Å². The van der Waals surface area contributed by atoms with Crippen molar-refractivity contribution in [1.82, 2.24) is 9.55 Å². The monoisotopic (exact) mass is 350 g/mol. The van der Waals surface area contributed by atoms with Crippen molar-refractivity contribution in [3.8, 4) is 0 Å². The number of aromatic amines is 1. The molecular weight excluding hydrogens is 320 g/mol. The summed E-state index contributed by atoms with van der Waals surface area (Å²) in [5, 5.41) is 0. The Labute approximate surface area is 148 Å². The largest absolute Gasteiger partial charge is 0.383 e. The highest BCUT2D eigenvalue weighted by Gasteiger charge is 2.42. The van der Waals surface area contributed by atoms with Crippen LogP contribution in [0.1, 0.15) is 59.3 Å². The summed E-state index contributed by atoms with van der Waals surface area (Å²) < 4.78 is 1.37. The summed E-state index contributed by atoms with van der Waals surface area (Å²) in [5.41, 5.74) is 5.22. The zero-order valence-electron chi connectivity index (χ0n) is 15.5. The van der Waals surface area contributed by atoms with E-state index < -0.39 is 11.2 Å². The molecule has 2 rings (SSSR count). The van der Waals surface area contributed by atoms with Gasteiger partial charge in [0.15, 0.2) is 5.69 Å². The zero-order chi connectivity index (χ0) is 18.6. The van der Waals surface area contributed by atoms with Crippen molar-refractivity contribution >= 4 is 17.4 Å². The van der Waals surface area contributed by atoms with Crippen molar-refractivity contribution in [2.24, 2.45) is 11.8 Å². The van der Waals surface area contributed by atoms with Crippen LogP contribution >= 0.6 is 0 Å². The van der Waals surface area contributed by atoms with E-state index in [4.69, 9.17) is 5.73 Å². The van der Waals surface area contributed by atoms with Crippen molar-refractivity contribution in [2.75, 3.05) is 17.2 Å². The molecule has 1 amide bonds. The molecule has 3 N–H and O–H groups in total. The Balaban J connectivity index is 2.42. The van der Waals surface area contributed by atoms with Gasteiger partial charge in [-0.25, -0.2) is 4.79 Å². The van der Waals surface area contributed by atoms with Gasteiger partial charge in [-0.2, -0.15) is 0 Å². The van der Waals surface area contributed by atoms with E-state index in [0.717, 1.165) is 38.5 Å². The van der Waals surface area contributed by atoms with Gasteiger partial charge in [0.1, 0.15) is 5.82 Å². The van der Waals surface area contributed by atoms with Crippen molar-refractivity contribution in [3.63, 3.8) is 0 Å². The number of amides is 1. The molecule has 0 bridgehead atoms. The molecule has 1 heterocycles. The normalized spacial score (nSPS) is 19.0. The average molecular weight is 350 g/mol. The Hall–Kier alpha value is -2.05. The van der Waals surface area contributed by atoms with Crippen LogP contribution in [0.5, 0.6) is 0 Å². The summed E-state index contributed by atoms with van der Waals surface area (Å²) in [6, 6.07) is 0. The summed E-state index contributed by atoms with van der Waals surface area (Å²) in [6.45, 7) is 7.02. The molecule has 0 aliphatic heterocycles.